The molecule has 7 heteroatoms. The van der Waals surface area contributed by atoms with Gasteiger partial charge in [-0.25, -0.2) is 4.98 Å². The fourth-order valence-electron chi connectivity index (χ4n) is 12.5. The minimum atomic E-state index is -0.173. The van der Waals surface area contributed by atoms with Gasteiger partial charge in [0.05, 0.1) is 11.0 Å². The van der Waals surface area contributed by atoms with Gasteiger partial charge in [0.15, 0.2) is 5.58 Å². The van der Waals surface area contributed by atoms with E-state index >= 15 is 0 Å². The first-order valence-electron chi connectivity index (χ1n) is 24.2. The fourth-order valence-corrected chi connectivity index (χ4v) is 13.6. The van der Waals surface area contributed by atoms with Crippen LogP contribution in [0.3, 0.4) is 0 Å². The van der Waals surface area contributed by atoms with Gasteiger partial charge in [-0.3, -0.25) is 0 Å². The van der Waals surface area contributed by atoms with Crippen molar-refractivity contribution in [3.05, 3.63) is 156 Å². The molecule has 0 saturated heterocycles. The zero-order valence-electron chi connectivity index (χ0n) is 39.3. The highest BCUT2D eigenvalue weighted by molar-refractivity contribution is 7.25. The third-order valence-corrected chi connectivity index (χ3v) is 17.3. The Kier molecular flexibility index (Phi) is 7.40. The Morgan fingerprint density at radius 1 is 0.588 bits per heavy atom. The topological polar surface area (TPSA) is 47.3 Å². The molecule has 0 spiro atoms. The van der Waals surface area contributed by atoms with E-state index in [1.54, 1.807) is 0 Å². The first-order chi connectivity index (χ1) is 32.8. The summed E-state index contributed by atoms with van der Waals surface area (Å²) in [5, 5.41) is 7.31. The first-order valence-corrected chi connectivity index (χ1v) is 25.0. The summed E-state index contributed by atoms with van der Waals surface area (Å²) in [5.41, 5.74) is 19.9. The van der Waals surface area contributed by atoms with Crippen molar-refractivity contribution in [3.8, 4) is 28.3 Å². The van der Waals surface area contributed by atoms with Crippen molar-refractivity contribution in [2.24, 2.45) is 0 Å². The van der Waals surface area contributed by atoms with Crippen molar-refractivity contribution in [3.63, 3.8) is 0 Å². The molecule has 15 rings (SSSR count). The van der Waals surface area contributed by atoms with Gasteiger partial charge in [-0.05, 0) is 135 Å². The predicted molar refractivity (Wildman–Crippen MR) is 287 cm³/mol. The number of hydrogen-bond acceptors (Lipinski definition) is 5. The molecule has 2 aliphatic heterocycles. The van der Waals surface area contributed by atoms with E-state index in [-0.39, 0.29) is 23.1 Å². The van der Waals surface area contributed by atoms with E-state index < -0.39 is 0 Å². The van der Waals surface area contributed by atoms with Gasteiger partial charge in [0, 0.05) is 76.0 Å². The van der Waals surface area contributed by atoms with Gasteiger partial charge in [-0.2, -0.15) is 0 Å². The third kappa shape index (κ3) is 5.15. The molecule has 8 aromatic carbocycles. The maximum absolute atomic E-state index is 6.72. The molecule has 1 aliphatic carbocycles. The molecule has 0 atom stereocenters. The second kappa shape index (κ2) is 12.9. The summed E-state index contributed by atoms with van der Waals surface area (Å²) in [7, 11) is 0. The molecule has 0 fully saturated rings. The van der Waals surface area contributed by atoms with Crippen LogP contribution in [0.25, 0.3) is 103 Å². The maximum Gasteiger partial charge on any atom is 0.333 e. The van der Waals surface area contributed by atoms with Gasteiger partial charge >= 0.3 is 6.85 Å². The largest absolute Gasteiger partial charge is 0.456 e. The lowest BCUT2D eigenvalue weighted by atomic mass is 9.44. The normalized spacial score (nSPS) is 15.9. The van der Waals surface area contributed by atoms with E-state index in [1.807, 2.05) is 29.5 Å². The van der Waals surface area contributed by atoms with Crippen LogP contribution in [-0.2, 0) is 16.2 Å². The number of rotatable bonds is 2. The van der Waals surface area contributed by atoms with E-state index in [2.05, 4.69) is 179 Å². The number of thiophene rings is 1. The minimum Gasteiger partial charge on any atom is -0.456 e. The molecule has 0 bridgehead atoms. The molecule has 0 unspecified atom stereocenters. The summed E-state index contributed by atoms with van der Waals surface area (Å²) < 4.78 is 18.5. The lowest BCUT2D eigenvalue weighted by Gasteiger charge is -2.42. The molecule has 0 amide bonds. The lowest BCUT2D eigenvalue weighted by Crippen LogP contribution is -2.60. The Labute approximate surface area is 398 Å². The van der Waals surface area contributed by atoms with Crippen molar-refractivity contribution in [2.75, 3.05) is 4.81 Å². The summed E-state index contributed by atoms with van der Waals surface area (Å²) in [6.07, 6.45) is 2.38. The zero-order chi connectivity index (χ0) is 45.7. The number of hydrogen-bond donors (Lipinski definition) is 0. The average molecular weight is 898 g/mol. The second-order valence-corrected chi connectivity index (χ2v) is 23.3. The number of benzene rings is 8. The van der Waals surface area contributed by atoms with Crippen LogP contribution >= 0.6 is 11.3 Å². The van der Waals surface area contributed by atoms with Crippen LogP contribution in [0.5, 0.6) is 0 Å². The molecule has 0 radical (unpaired) electrons. The standard InChI is InChI=1S/C61H48BN3O2S/c1-59(2,3)34-17-19-35(20-18-34)65-49-27-43-42-25-44-45(61(6,7)24-23-60(44,4)5)30-55(42)68-54(43)29-40(49)37-21-22-38-39-28-52-41(36-15-11-12-16-51(36)66-52)26-48(39)64-50-32-53-47(31-46(50)62(65)56(37)57(38)64)63-58(67-53)33-13-9-8-10-14-33/h8-22,25-32H,23-24H2,1-7H3. The Hall–Kier alpha value is -7.09. The number of furan rings is 1. The predicted octanol–water partition coefficient (Wildman–Crippen LogP) is 15.7. The Bertz CT molecular complexity index is 4200. The van der Waals surface area contributed by atoms with Gasteiger partial charge < -0.3 is 18.2 Å². The summed E-state index contributed by atoms with van der Waals surface area (Å²) in [6.45, 7) is 16.5. The number of anilines is 2. The average Bonchev–Trinajstić information content (AvgIpc) is 4.10. The SMILES string of the molecule is CC(C)(C)c1ccc(N2B3c4cc5nc(-c6ccccc6)oc5cc4-n4c5cc6c(cc5c5ccc(c3c54)-c3cc4sc5cc7c(cc5c4cc32)C(C)(C)CCC7(C)C)oc2ccccc26)cc1. The molecule has 3 aliphatic rings. The molecule has 4 aromatic heterocycles. The van der Waals surface area contributed by atoms with Crippen LogP contribution in [0.2, 0.25) is 0 Å². The maximum atomic E-state index is 6.72. The first kappa shape index (κ1) is 39.0. The van der Waals surface area contributed by atoms with Crippen molar-refractivity contribution in [2.45, 2.75) is 77.6 Å². The van der Waals surface area contributed by atoms with Crippen LogP contribution in [0.4, 0.5) is 11.4 Å². The van der Waals surface area contributed by atoms with Crippen LogP contribution in [0.1, 0.15) is 78.0 Å². The Balaban J connectivity index is 1.08. The van der Waals surface area contributed by atoms with E-state index in [0.29, 0.717) is 5.89 Å². The number of oxazole rings is 1. The quantitative estimate of drug-likeness (QED) is 0.162. The van der Waals surface area contributed by atoms with E-state index in [9.17, 15) is 0 Å². The minimum absolute atomic E-state index is 0.0121. The highest BCUT2D eigenvalue weighted by Gasteiger charge is 2.45. The second-order valence-electron chi connectivity index (χ2n) is 22.2. The summed E-state index contributed by atoms with van der Waals surface area (Å²) >= 11 is 1.95. The number of aromatic nitrogens is 2. The van der Waals surface area contributed by atoms with Gasteiger partial charge in [-0.1, -0.05) is 109 Å². The zero-order valence-corrected chi connectivity index (χ0v) is 40.2. The van der Waals surface area contributed by atoms with Gasteiger partial charge in [0.1, 0.15) is 16.7 Å². The highest BCUT2D eigenvalue weighted by Crippen LogP contribution is 2.53. The molecular weight excluding hydrogens is 850 g/mol. The molecule has 68 heavy (non-hydrogen) atoms. The smallest absolute Gasteiger partial charge is 0.333 e. The monoisotopic (exact) mass is 897 g/mol. The van der Waals surface area contributed by atoms with Crippen LogP contribution in [0.15, 0.2) is 148 Å². The van der Waals surface area contributed by atoms with Crippen molar-refractivity contribution >= 4 is 116 Å². The highest BCUT2D eigenvalue weighted by atomic mass is 32.1. The molecule has 0 N–H and O–H groups in total. The summed E-state index contributed by atoms with van der Waals surface area (Å²) in [4.78, 5) is 7.88. The number of nitrogens with zero attached hydrogens (tertiary/aromatic N) is 3. The molecule has 0 saturated carbocycles. The summed E-state index contributed by atoms with van der Waals surface area (Å²) in [6, 6.07) is 52.2. The van der Waals surface area contributed by atoms with Crippen molar-refractivity contribution in [1.29, 1.82) is 0 Å². The number of fused-ring (bicyclic) bond motifs is 16. The fraction of sp³-hybridized carbons (Fsp3) is 0.197. The van der Waals surface area contributed by atoms with Crippen molar-refractivity contribution < 1.29 is 8.83 Å². The van der Waals surface area contributed by atoms with E-state index in [0.717, 1.165) is 55.5 Å². The van der Waals surface area contributed by atoms with Crippen LogP contribution in [0, 0.1) is 0 Å². The molecule has 328 valence electrons. The van der Waals surface area contributed by atoms with Crippen LogP contribution < -0.4 is 15.7 Å². The number of para-hydroxylation sites is 1. The summed E-state index contributed by atoms with van der Waals surface area (Å²) in [5.74, 6) is 0.624. The van der Waals surface area contributed by atoms with Gasteiger partial charge in [-0.15, -0.1) is 11.3 Å². The van der Waals surface area contributed by atoms with Gasteiger partial charge in [0.2, 0.25) is 5.89 Å². The Morgan fingerprint density at radius 2 is 1.32 bits per heavy atom. The lowest BCUT2D eigenvalue weighted by molar-refractivity contribution is 0.332. The van der Waals surface area contributed by atoms with Crippen LogP contribution in [-0.4, -0.2) is 16.4 Å². The molecule has 12 aromatic rings. The van der Waals surface area contributed by atoms with E-state index in [1.165, 1.54) is 93.7 Å². The molecule has 5 nitrogen and oxygen atoms in total. The van der Waals surface area contributed by atoms with Crippen molar-refractivity contribution in [1.82, 2.24) is 9.55 Å². The molecule has 6 heterocycles. The van der Waals surface area contributed by atoms with Gasteiger partial charge in [0.25, 0.3) is 0 Å². The Morgan fingerprint density at radius 3 is 2.12 bits per heavy atom. The van der Waals surface area contributed by atoms with E-state index in [4.69, 9.17) is 13.8 Å². The third-order valence-electron chi connectivity index (χ3n) is 16.2. The molecular formula is C61H48BN3O2S.